The summed E-state index contributed by atoms with van der Waals surface area (Å²) in [4.78, 5) is 15.0. The third-order valence-electron chi connectivity index (χ3n) is 5.02. The van der Waals surface area contributed by atoms with Crippen LogP contribution in [0.2, 0.25) is 0 Å². The SMILES string of the molecule is CCOc1ccc2c(C)c(CN(c3ccccc3)c3ccccc3)c(=O)oc2c1. The maximum atomic E-state index is 12.9. The molecule has 0 aliphatic rings. The van der Waals surface area contributed by atoms with Crippen LogP contribution in [-0.4, -0.2) is 6.61 Å². The topological polar surface area (TPSA) is 42.7 Å². The third kappa shape index (κ3) is 3.87. The lowest BCUT2D eigenvalue weighted by Crippen LogP contribution is -2.22. The van der Waals surface area contributed by atoms with E-state index in [-0.39, 0.29) is 5.63 Å². The number of fused-ring (bicyclic) bond motifs is 1. The van der Waals surface area contributed by atoms with Crippen LogP contribution in [0.3, 0.4) is 0 Å². The minimum Gasteiger partial charge on any atom is -0.494 e. The van der Waals surface area contributed by atoms with E-state index in [1.165, 1.54) is 0 Å². The van der Waals surface area contributed by atoms with Crippen LogP contribution < -0.4 is 15.3 Å². The highest BCUT2D eigenvalue weighted by Gasteiger charge is 2.17. The van der Waals surface area contributed by atoms with Gasteiger partial charge < -0.3 is 14.1 Å². The number of anilines is 2. The molecule has 4 nitrogen and oxygen atoms in total. The Morgan fingerprint density at radius 1 is 0.897 bits per heavy atom. The first-order valence-electron chi connectivity index (χ1n) is 9.74. The fraction of sp³-hybridized carbons (Fsp3) is 0.160. The van der Waals surface area contributed by atoms with Crippen LogP contribution in [0.4, 0.5) is 11.4 Å². The molecule has 0 atom stereocenters. The molecule has 4 rings (SSSR count). The van der Waals surface area contributed by atoms with Crippen molar-refractivity contribution in [1.82, 2.24) is 0 Å². The molecule has 0 aliphatic carbocycles. The highest BCUT2D eigenvalue weighted by molar-refractivity contribution is 5.82. The number of para-hydroxylation sites is 2. The fourth-order valence-electron chi connectivity index (χ4n) is 3.52. The van der Waals surface area contributed by atoms with E-state index in [1.54, 1.807) is 6.07 Å². The van der Waals surface area contributed by atoms with Gasteiger partial charge in [0.05, 0.1) is 18.7 Å². The van der Waals surface area contributed by atoms with E-state index in [0.29, 0.717) is 30.0 Å². The van der Waals surface area contributed by atoms with E-state index in [1.807, 2.05) is 86.6 Å². The van der Waals surface area contributed by atoms with E-state index >= 15 is 0 Å². The van der Waals surface area contributed by atoms with Crippen LogP contribution in [0.5, 0.6) is 5.75 Å². The Morgan fingerprint density at radius 2 is 1.52 bits per heavy atom. The highest BCUT2D eigenvalue weighted by atomic mass is 16.5. The summed E-state index contributed by atoms with van der Waals surface area (Å²) in [5.41, 5.74) is 3.84. The number of aryl methyl sites for hydroxylation is 1. The average molecular weight is 385 g/mol. The predicted octanol–water partition coefficient (Wildman–Crippen LogP) is 5.84. The normalized spacial score (nSPS) is 10.8. The van der Waals surface area contributed by atoms with Gasteiger partial charge in [0.25, 0.3) is 0 Å². The first kappa shape index (κ1) is 18.8. The zero-order valence-electron chi connectivity index (χ0n) is 16.6. The van der Waals surface area contributed by atoms with Gasteiger partial charge in [0.1, 0.15) is 11.3 Å². The lowest BCUT2D eigenvalue weighted by Gasteiger charge is -2.25. The molecular weight excluding hydrogens is 362 g/mol. The van der Waals surface area contributed by atoms with Crippen molar-refractivity contribution in [2.24, 2.45) is 0 Å². The summed E-state index contributed by atoms with van der Waals surface area (Å²) in [5.74, 6) is 0.700. The molecule has 0 radical (unpaired) electrons. The quantitative estimate of drug-likeness (QED) is 0.391. The monoisotopic (exact) mass is 385 g/mol. The first-order valence-corrected chi connectivity index (χ1v) is 9.74. The molecule has 0 saturated heterocycles. The molecule has 1 heterocycles. The van der Waals surface area contributed by atoms with Gasteiger partial charge in [-0.15, -0.1) is 0 Å². The Labute approximate surface area is 170 Å². The van der Waals surface area contributed by atoms with Gasteiger partial charge >= 0.3 is 5.63 Å². The molecule has 0 unspecified atom stereocenters. The van der Waals surface area contributed by atoms with Crippen molar-refractivity contribution < 1.29 is 9.15 Å². The Kier molecular flexibility index (Phi) is 5.34. The van der Waals surface area contributed by atoms with Gasteiger partial charge in [-0.3, -0.25) is 0 Å². The lowest BCUT2D eigenvalue weighted by molar-refractivity contribution is 0.340. The standard InChI is InChI=1S/C25H23NO3/c1-3-28-21-14-15-22-18(2)23(25(27)29-24(22)16-21)17-26(19-10-6-4-7-11-19)20-12-8-5-9-13-20/h4-16H,3,17H2,1-2H3. The fourth-order valence-corrected chi connectivity index (χ4v) is 3.52. The van der Waals surface area contributed by atoms with Crippen molar-refractivity contribution in [3.05, 3.63) is 100 Å². The summed E-state index contributed by atoms with van der Waals surface area (Å²) in [6.07, 6.45) is 0. The highest BCUT2D eigenvalue weighted by Crippen LogP contribution is 2.29. The molecule has 0 spiro atoms. The number of nitrogens with zero attached hydrogens (tertiary/aromatic N) is 1. The van der Waals surface area contributed by atoms with Crippen molar-refractivity contribution in [3.63, 3.8) is 0 Å². The molecule has 0 saturated carbocycles. The van der Waals surface area contributed by atoms with E-state index < -0.39 is 0 Å². The molecule has 0 N–H and O–H groups in total. The zero-order chi connectivity index (χ0) is 20.2. The van der Waals surface area contributed by atoms with Crippen molar-refractivity contribution in [2.45, 2.75) is 20.4 Å². The maximum Gasteiger partial charge on any atom is 0.341 e. The molecule has 29 heavy (non-hydrogen) atoms. The Hall–Kier alpha value is -3.53. The number of ether oxygens (including phenoxy) is 1. The molecule has 0 bridgehead atoms. The van der Waals surface area contributed by atoms with E-state index in [9.17, 15) is 4.79 Å². The Morgan fingerprint density at radius 3 is 2.10 bits per heavy atom. The second-order valence-corrected chi connectivity index (χ2v) is 6.84. The Bertz CT molecular complexity index is 1130. The molecule has 4 heteroatoms. The first-order chi connectivity index (χ1) is 14.2. The van der Waals surface area contributed by atoms with Gasteiger partial charge in [0.15, 0.2) is 0 Å². The summed E-state index contributed by atoms with van der Waals surface area (Å²) < 4.78 is 11.2. The van der Waals surface area contributed by atoms with Crippen LogP contribution in [-0.2, 0) is 6.54 Å². The minimum absolute atomic E-state index is 0.319. The van der Waals surface area contributed by atoms with Gasteiger partial charge in [0, 0.05) is 22.8 Å². The van der Waals surface area contributed by atoms with Crippen molar-refractivity contribution in [2.75, 3.05) is 11.5 Å². The van der Waals surface area contributed by atoms with Crippen molar-refractivity contribution in [1.29, 1.82) is 0 Å². The molecular formula is C25H23NO3. The third-order valence-corrected chi connectivity index (χ3v) is 5.02. The largest absolute Gasteiger partial charge is 0.494 e. The average Bonchev–Trinajstić information content (AvgIpc) is 2.75. The van der Waals surface area contributed by atoms with Gasteiger partial charge in [-0.2, -0.15) is 0 Å². The van der Waals surface area contributed by atoms with Crippen LogP contribution >= 0.6 is 0 Å². The second-order valence-electron chi connectivity index (χ2n) is 6.84. The summed E-state index contributed by atoms with van der Waals surface area (Å²) in [6.45, 7) is 4.89. The van der Waals surface area contributed by atoms with Crippen LogP contribution in [0.1, 0.15) is 18.1 Å². The number of hydrogen-bond acceptors (Lipinski definition) is 4. The number of benzene rings is 3. The van der Waals surface area contributed by atoms with Crippen LogP contribution in [0.15, 0.2) is 88.1 Å². The number of rotatable bonds is 6. The summed E-state index contributed by atoms with van der Waals surface area (Å²) in [5, 5.41) is 0.920. The maximum absolute atomic E-state index is 12.9. The zero-order valence-corrected chi connectivity index (χ0v) is 16.6. The molecule has 0 fully saturated rings. The van der Waals surface area contributed by atoms with Crippen molar-refractivity contribution >= 4 is 22.3 Å². The molecule has 4 aromatic rings. The van der Waals surface area contributed by atoms with Crippen LogP contribution in [0, 0.1) is 6.92 Å². The molecule has 3 aromatic carbocycles. The molecule has 0 amide bonds. The second kappa shape index (κ2) is 8.23. The number of hydrogen-bond donors (Lipinski definition) is 0. The van der Waals surface area contributed by atoms with E-state index in [2.05, 4.69) is 4.90 Å². The Balaban J connectivity index is 1.80. The van der Waals surface area contributed by atoms with Gasteiger partial charge in [0.2, 0.25) is 0 Å². The minimum atomic E-state index is -0.319. The molecule has 1 aromatic heterocycles. The van der Waals surface area contributed by atoms with Crippen LogP contribution in [0.25, 0.3) is 11.0 Å². The van der Waals surface area contributed by atoms with E-state index in [4.69, 9.17) is 9.15 Å². The van der Waals surface area contributed by atoms with Gasteiger partial charge in [-0.05, 0) is 55.8 Å². The van der Waals surface area contributed by atoms with Gasteiger partial charge in [-0.1, -0.05) is 36.4 Å². The molecule has 0 aliphatic heterocycles. The van der Waals surface area contributed by atoms with Gasteiger partial charge in [-0.25, -0.2) is 4.79 Å². The van der Waals surface area contributed by atoms with Crippen molar-refractivity contribution in [3.8, 4) is 5.75 Å². The summed E-state index contributed by atoms with van der Waals surface area (Å²) in [7, 11) is 0. The summed E-state index contributed by atoms with van der Waals surface area (Å²) >= 11 is 0. The van der Waals surface area contributed by atoms with E-state index in [0.717, 1.165) is 22.3 Å². The summed E-state index contributed by atoms with van der Waals surface area (Å²) in [6, 6.07) is 25.8. The predicted molar refractivity (Wildman–Crippen MR) is 117 cm³/mol. The molecule has 146 valence electrons. The lowest BCUT2D eigenvalue weighted by atomic mass is 10.0. The smallest absolute Gasteiger partial charge is 0.341 e.